The quantitative estimate of drug-likeness (QED) is 0.882. The molecule has 24 heavy (non-hydrogen) atoms. The summed E-state index contributed by atoms with van der Waals surface area (Å²) in [6, 6.07) is 0. The Morgan fingerprint density at radius 1 is 1.21 bits per heavy atom. The number of carbonyl (C=O) groups is 1. The van der Waals surface area contributed by atoms with Crippen LogP contribution in [0.3, 0.4) is 0 Å². The fraction of sp³-hybridized carbons (Fsp3) is 0.722. The molecule has 130 valence electrons. The number of hydrogen-bond donors (Lipinski definition) is 2. The Morgan fingerprint density at radius 3 is 2.38 bits per heavy atom. The molecule has 4 saturated carbocycles. The fourth-order valence-corrected chi connectivity index (χ4v) is 5.49. The van der Waals surface area contributed by atoms with Gasteiger partial charge in [-0.05, 0) is 70.1 Å². The zero-order valence-corrected chi connectivity index (χ0v) is 14.4. The van der Waals surface area contributed by atoms with Crippen LogP contribution < -0.4 is 15.7 Å². The average Bonchev–Trinajstić information content (AvgIpc) is 2.47. The van der Waals surface area contributed by atoms with Gasteiger partial charge in [-0.25, -0.2) is 4.79 Å². The number of nitrogens with one attached hydrogen (secondary N) is 2. The molecule has 5 rings (SSSR count). The monoisotopic (exact) mass is 331 g/mol. The predicted octanol–water partition coefficient (Wildman–Crippen LogP) is 1.85. The number of ether oxygens (including phenoxy) is 1. The van der Waals surface area contributed by atoms with Gasteiger partial charge in [0.05, 0.1) is 0 Å². The Bertz CT molecular complexity index is 689. The largest absolute Gasteiger partial charge is 0.467 e. The number of aromatic nitrogens is 2. The molecule has 0 aliphatic heterocycles. The molecule has 1 heterocycles. The summed E-state index contributed by atoms with van der Waals surface area (Å²) in [5, 5.41) is 3.27. The van der Waals surface area contributed by atoms with E-state index >= 15 is 0 Å². The van der Waals surface area contributed by atoms with Crippen LogP contribution in [0.2, 0.25) is 0 Å². The lowest BCUT2D eigenvalue weighted by atomic mass is 9.53. The van der Waals surface area contributed by atoms with Crippen molar-refractivity contribution in [3.8, 4) is 5.88 Å². The maximum absolute atomic E-state index is 12.4. The summed E-state index contributed by atoms with van der Waals surface area (Å²) in [5.74, 6) is 2.51. The molecular weight excluding hydrogens is 306 g/mol. The summed E-state index contributed by atoms with van der Waals surface area (Å²) in [4.78, 5) is 30.3. The minimum absolute atomic E-state index is 0.0122. The highest BCUT2D eigenvalue weighted by Crippen LogP contribution is 2.55. The number of hydrogen-bond acceptors (Lipinski definition) is 4. The van der Waals surface area contributed by atoms with Crippen LogP contribution in [0.15, 0.2) is 4.79 Å². The number of H-pyrrole nitrogens is 1. The van der Waals surface area contributed by atoms with Crippen molar-refractivity contribution < 1.29 is 9.53 Å². The summed E-state index contributed by atoms with van der Waals surface area (Å²) in [7, 11) is 0. The lowest BCUT2D eigenvalue weighted by Gasteiger charge is -2.56. The van der Waals surface area contributed by atoms with Crippen molar-refractivity contribution in [2.45, 2.75) is 57.9 Å². The van der Waals surface area contributed by atoms with E-state index in [1.807, 2.05) is 6.92 Å². The Balaban J connectivity index is 1.40. The van der Waals surface area contributed by atoms with Crippen molar-refractivity contribution >= 4 is 5.91 Å². The van der Waals surface area contributed by atoms with Crippen LogP contribution in [0, 0.1) is 31.6 Å². The first-order valence-electron chi connectivity index (χ1n) is 8.94. The SMILES string of the molecule is Cc1[nH]c(=O)nc(OCC(=O)NC23CC4CC(CC(C4)C2)C3)c1C. The van der Waals surface area contributed by atoms with Crippen molar-refractivity contribution in [3.63, 3.8) is 0 Å². The van der Waals surface area contributed by atoms with Crippen LogP contribution in [0.5, 0.6) is 5.88 Å². The van der Waals surface area contributed by atoms with Gasteiger partial charge in [0.25, 0.3) is 5.91 Å². The average molecular weight is 331 g/mol. The highest BCUT2D eigenvalue weighted by molar-refractivity contribution is 5.78. The third kappa shape index (κ3) is 2.82. The molecule has 4 bridgehead atoms. The molecule has 1 aromatic heterocycles. The molecule has 0 unspecified atom stereocenters. The van der Waals surface area contributed by atoms with Crippen LogP contribution in [0.4, 0.5) is 0 Å². The van der Waals surface area contributed by atoms with Gasteiger partial charge in [0, 0.05) is 16.8 Å². The zero-order valence-electron chi connectivity index (χ0n) is 14.4. The molecule has 4 aliphatic rings. The van der Waals surface area contributed by atoms with Gasteiger partial charge in [-0.15, -0.1) is 0 Å². The van der Waals surface area contributed by atoms with Gasteiger partial charge in [0.2, 0.25) is 5.88 Å². The highest BCUT2D eigenvalue weighted by atomic mass is 16.5. The minimum Gasteiger partial charge on any atom is -0.467 e. The second-order valence-corrected chi connectivity index (χ2v) is 8.13. The zero-order chi connectivity index (χ0) is 16.9. The first kappa shape index (κ1) is 15.7. The normalized spacial score (nSPS) is 33.5. The summed E-state index contributed by atoms with van der Waals surface area (Å²) in [6.45, 7) is 3.53. The molecule has 0 saturated heterocycles. The smallest absolute Gasteiger partial charge is 0.348 e. The van der Waals surface area contributed by atoms with Crippen LogP contribution in [-0.4, -0.2) is 28.0 Å². The van der Waals surface area contributed by atoms with Gasteiger partial charge in [-0.2, -0.15) is 4.98 Å². The molecule has 2 N–H and O–H groups in total. The topological polar surface area (TPSA) is 84.1 Å². The number of nitrogens with zero attached hydrogens (tertiary/aromatic N) is 1. The first-order valence-corrected chi connectivity index (χ1v) is 8.94. The molecule has 6 nitrogen and oxygen atoms in total. The molecule has 6 heteroatoms. The fourth-order valence-electron chi connectivity index (χ4n) is 5.49. The van der Waals surface area contributed by atoms with E-state index in [4.69, 9.17) is 4.74 Å². The van der Waals surface area contributed by atoms with Crippen LogP contribution in [0.1, 0.15) is 49.8 Å². The third-order valence-corrected chi connectivity index (χ3v) is 6.16. The van der Waals surface area contributed by atoms with Gasteiger partial charge >= 0.3 is 5.69 Å². The standard InChI is InChI=1S/C18H25N3O3/c1-10-11(2)19-17(23)20-16(10)24-9-15(22)21-18-6-12-3-13(7-18)5-14(4-12)8-18/h12-14H,3-9H2,1-2H3,(H,21,22)(H,19,20,23). The van der Waals surface area contributed by atoms with Crippen molar-refractivity contribution in [1.29, 1.82) is 0 Å². The predicted molar refractivity (Wildman–Crippen MR) is 88.9 cm³/mol. The first-order chi connectivity index (χ1) is 11.4. The summed E-state index contributed by atoms with van der Waals surface area (Å²) in [6.07, 6.45) is 7.40. The van der Waals surface area contributed by atoms with E-state index in [1.54, 1.807) is 6.92 Å². The van der Waals surface area contributed by atoms with E-state index in [0.29, 0.717) is 5.69 Å². The van der Waals surface area contributed by atoms with Crippen LogP contribution in [0.25, 0.3) is 0 Å². The van der Waals surface area contributed by atoms with E-state index in [0.717, 1.165) is 42.6 Å². The Morgan fingerprint density at radius 2 is 1.79 bits per heavy atom. The van der Waals surface area contributed by atoms with Crippen LogP contribution in [-0.2, 0) is 4.79 Å². The molecule has 0 atom stereocenters. The lowest BCUT2D eigenvalue weighted by Crippen LogP contribution is -2.60. The molecule has 1 amide bonds. The van der Waals surface area contributed by atoms with Gasteiger partial charge in [-0.1, -0.05) is 0 Å². The van der Waals surface area contributed by atoms with E-state index in [1.165, 1.54) is 19.3 Å². The molecule has 4 fully saturated rings. The van der Waals surface area contributed by atoms with E-state index in [2.05, 4.69) is 15.3 Å². The Hall–Kier alpha value is -1.85. The molecule has 4 aliphatic carbocycles. The Kier molecular flexibility index (Phi) is 3.66. The number of amides is 1. The summed E-state index contributed by atoms with van der Waals surface area (Å²) in [5.41, 5.74) is 1.01. The lowest BCUT2D eigenvalue weighted by molar-refractivity contribution is -0.128. The van der Waals surface area contributed by atoms with E-state index < -0.39 is 5.69 Å². The van der Waals surface area contributed by atoms with Gasteiger partial charge in [0.15, 0.2) is 6.61 Å². The van der Waals surface area contributed by atoms with Crippen molar-refractivity contribution in [2.75, 3.05) is 6.61 Å². The van der Waals surface area contributed by atoms with Gasteiger partial charge in [-0.3, -0.25) is 4.79 Å². The maximum Gasteiger partial charge on any atom is 0.348 e. The number of rotatable bonds is 4. The van der Waals surface area contributed by atoms with Crippen molar-refractivity contribution in [1.82, 2.24) is 15.3 Å². The van der Waals surface area contributed by atoms with Gasteiger partial charge in [0.1, 0.15) is 0 Å². The molecule has 0 spiro atoms. The Labute approximate surface area is 141 Å². The van der Waals surface area contributed by atoms with E-state index in [-0.39, 0.29) is 23.9 Å². The molecular formula is C18H25N3O3. The minimum atomic E-state index is -0.449. The highest BCUT2D eigenvalue weighted by Gasteiger charge is 2.51. The second-order valence-electron chi connectivity index (χ2n) is 8.13. The number of carbonyl (C=O) groups excluding carboxylic acids is 1. The number of aryl methyl sites for hydroxylation is 1. The molecule has 0 aromatic carbocycles. The third-order valence-electron chi connectivity index (χ3n) is 6.16. The second kappa shape index (κ2) is 5.60. The number of aromatic amines is 1. The van der Waals surface area contributed by atoms with Crippen LogP contribution >= 0.6 is 0 Å². The van der Waals surface area contributed by atoms with Gasteiger partial charge < -0.3 is 15.0 Å². The maximum atomic E-state index is 12.4. The van der Waals surface area contributed by atoms with Crippen molar-refractivity contribution in [3.05, 3.63) is 21.7 Å². The summed E-state index contributed by atoms with van der Waals surface area (Å²) < 4.78 is 5.53. The summed E-state index contributed by atoms with van der Waals surface area (Å²) >= 11 is 0. The molecule has 0 radical (unpaired) electrons. The van der Waals surface area contributed by atoms with Crippen molar-refractivity contribution in [2.24, 2.45) is 17.8 Å². The van der Waals surface area contributed by atoms with E-state index in [9.17, 15) is 9.59 Å². The molecule has 1 aromatic rings.